The van der Waals surface area contributed by atoms with Gasteiger partial charge in [0.25, 0.3) is 0 Å². The summed E-state index contributed by atoms with van der Waals surface area (Å²) in [4.78, 5) is 0. The van der Waals surface area contributed by atoms with Crippen LogP contribution in [0, 0.1) is 5.41 Å². The fraction of sp³-hybridized carbons (Fsp3) is 0.778. The smallest absolute Gasteiger partial charge is 0.0146 e. The van der Waals surface area contributed by atoms with Crippen LogP contribution >= 0.6 is 0 Å². The summed E-state index contributed by atoms with van der Waals surface area (Å²) in [5.74, 6) is 0. The van der Waals surface area contributed by atoms with Gasteiger partial charge in [-0.25, -0.2) is 0 Å². The first kappa shape index (κ1) is 6.85. The highest BCUT2D eigenvalue weighted by atomic mass is 14.4. The van der Waals surface area contributed by atoms with Crippen molar-refractivity contribution in [2.75, 3.05) is 0 Å². The summed E-state index contributed by atoms with van der Waals surface area (Å²) in [5.41, 5.74) is 0.620. The molecule has 0 saturated heterocycles. The van der Waals surface area contributed by atoms with Crippen LogP contribution in [0.2, 0.25) is 0 Å². The molecule has 1 rings (SSSR count). The van der Waals surface area contributed by atoms with Crippen LogP contribution in [0.5, 0.6) is 0 Å². The van der Waals surface area contributed by atoms with Crippen LogP contribution in [0.1, 0.15) is 39.5 Å². The molecule has 1 fully saturated rings. The van der Waals surface area contributed by atoms with E-state index in [-0.39, 0.29) is 0 Å². The Morgan fingerprint density at radius 1 is 1.44 bits per heavy atom. The van der Waals surface area contributed by atoms with Gasteiger partial charge in [0.2, 0.25) is 0 Å². The molecule has 0 N–H and O–H groups in total. The second-order valence-electron chi connectivity index (χ2n) is 3.35. The molecule has 0 heteroatoms. The minimum atomic E-state index is 0.620. The van der Waals surface area contributed by atoms with Crippen molar-refractivity contribution in [1.29, 1.82) is 0 Å². The van der Waals surface area contributed by atoms with Crippen LogP contribution in [0.15, 0.2) is 12.2 Å². The Hall–Kier alpha value is -0.260. The summed E-state index contributed by atoms with van der Waals surface area (Å²) in [6, 6.07) is 0. The summed E-state index contributed by atoms with van der Waals surface area (Å²) in [6.07, 6.45) is 10.1. The van der Waals surface area contributed by atoms with Gasteiger partial charge in [-0.2, -0.15) is 0 Å². The third kappa shape index (κ3) is 2.21. The van der Waals surface area contributed by atoms with E-state index >= 15 is 0 Å². The van der Waals surface area contributed by atoms with Gasteiger partial charge < -0.3 is 0 Å². The Balaban J connectivity index is 2.15. The molecule has 0 atom stereocenters. The molecule has 0 aromatic heterocycles. The van der Waals surface area contributed by atoms with Crippen molar-refractivity contribution in [2.45, 2.75) is 39.5 Å². The minimum Gasteiger partial charge on any atom is -0.0880 e. The van der Waals surface area contributed by atoms with Crippen LogP contribution in [0.3, 0.4) is 0 Å². The molecule has 9 heavy (non-hydrogen) atoms. The SMILES string of the molecule is CCC/C=C\C1(C)CC1. The van der Waals surface area contributed by atoms with E-state index in [4.69, 9.17) is 0 Å². The van der Waals surface area contributed by atoms with Crippen molar-refractivity contribution in [3.63, 3.8) is 0 Å². The highest BCUT2D eigenvalue weighted by Crippen LogP contribution is 2.46. The first-order valence-corrected chi connectivity index (χ1v) is 3.94. The Bertz CT molecular complexity index is 107. The van der Waals surface area contributed by atoms with Gasteiger partial charge in [0, 0.05) is 0 Å². The van der Waals surface area contributed by atoms with Gasteiger partial charge in [0.15, 0.2) is 0 Å². The van der Waals surface area contributed by atoms with Gasteiger partial charge in [-0.3, -0.25) is 0 Å². The fourth-order valence-corrected chi connectivity index (χ4v) is 0.898. The van der Waals surface area contributed by atoms with Gasteiger partial charge >= 0.3 is 0 Å². The van der Waals surface area contributed by atoms with Crippen molar-refractivity contribution >= 4 is 0 Å². The van der Waals surface area contributed by atoms with Crippen molar-refractivity contribution in [3.05, 3.63) is 12.2 Å². The molecule has 0 heterocycles. The van der Waals surface area contributed by atoms with E-state index in [1.807, 2.05) is 0 Å². The first-order chi connectivity index (χ1) is 4.27. The molecule has 0 spiro atoms. The minimum absolute atomic E-state index is 0.620. The Morgan fingerprint density at radius 3 is 2.56 bits per heavy atom. The number of unbranched alkanes of at least 4 members (excludes halogenated alkanes) is 1. The van der Waals surface area contributed by atoms with E-state index in [0.29, 0.717) is 5.41 Å². The second kappa shape index (κ2) is 2.55. The van der Waals surface area contributed by atoms with Crippen LogP contribution in [-0.2, 0) is 0 Å². The third-order valence-corrected chi connectivity index (χ3v) is 2.01. The standard InChI is InChI=1S/C9H16/c1-3-4-5-6-9(2)7-8-9/h5-6H,3-4,7-8H2,1-2H3/b6-5-. The summed E-state index contributed by atoms with van der Waals surface area (Å²) >= 11 is 0. The summed E-state index contributed by atoms with van der Waals surface area (Å²) in [6.45, 7) is 4.55. The lowest BCUT2D eigenvalue weighted by atomic mass is 10.1. The van der Waals surface area contributed by atoms with Crippen LogP contribution in [-0.4, -0.2) is 0 Å². The molecule has 0 aromatic carbocycles. The maximum atomic E-state index is 2.39. The maximum absolute atomic E-state index is 2.39. The first-order valence-electron chi connectivity index (χ1n) is 3.94. The summed E-state index contributed by atoms with van der Waals surface area (Å²) < 4.78 is 0. The zero-order valence-corrected chi connectivity index (χ0v) is 6.48. The Morgan fingerprint density at radius 2 is 2.11 bits per heavy atom. The highest BCUT2D eigenvalue weighted by Gasteiger charge is 2.33. The lowest BCUT2D eigenvalue weighted by Gasteiger charge is -1.95. The topological polar surface area (TPSA) is 0 Å². The Labute approximate surface area is 58.0 Å². The highest BCUT2D eigenvalue weighted by molar-refractivity contribution is 5.06. The predicted octanol–water partition coefficient (Wildman–Crippen LogP) is 3.14. The lowest BCUT2D eigenvalue weighted by Crippen LogP contribution is -1.82. The molecule has 1 saturated carbocycles. The molecule has 0 amide bonds. The van der Waals surface area contributed by atoms with Gasteiger partial charge in [-0.15, -0.1) is 0 Å². The quantitative estimate of drug-likeness (QED) is 0.507. The van der Waals surface area contributed by atoms with Crippen molar-refractivity contribution in [3.8, 4) is 0 Å². The molecule has 0 nitrogen and oxygen atoms in total. The van der Waals surface area contributed by atoms with E-state index in [2.05, 4.69) is 26.0 Å². The second-order valence-corrected chi connectivity index (χ2v) is 3.35. The summed E-state index contributed by atoms with van der Waals surface area (Å²) in [5, 5.41) is 0. The Kier molecular flexibility index (Phi) is 1.94. The van der Waals surface area contributed by atoms with Gasteiger partial charge in [-0.1, -0.05) is 32.4 Å². The third-order valence-electron chi connectivity index (χ3n) is 2.01. The average molecular weight is 124 g/mol. The predicted molar refractivity (Wildman–Crippen MR) is 41.4 cm³/mol. The van der Waals surface area contributed by atoms with E-state index in [9.17, 15) is 0 Å². The van der Waals surface area contributed by atoms with Crippen molar-refractivity contribution < 1.29 is 0 Å². The molecule has 0 unspecified atom stereocenters. The van der Waals surface area contributed by atoms with E-state index < -0.39 is 0 Å². The van der Waals surface area contributed by atoms with Crippen LogP contribution in [0.4, 0.5) is 0 Å². The molecule has 0 aliphatic heterocycles. The number of allylic oxidation sites excluding steroid dienone is 2. The zero-order chi connectivity index (χ0) is 6.74. The fourth-order valence-electron chi connectivity index (χ4n) is 0.898. The molecule has 0 bridgehead atoms. The van der Waals surface area contributed by atoms with Gasteiger partial charge in [-0.05, 0) is 24.7 Å². The zero-order valence-electron chi connectivity index (χ0n) is 6.48. The lowest BCUT2D eigenvalue weighted by molar-refractivity contribution is 0.740. The van der Waals surface area contributed by atoms with E-state index in [1.54, 1.807) is 0 Å². The van der Waals surface area contributed by atoms with Crippen LogP contribution in [0.25, 0.3) is 0 Å². The van der Waals surface area contributed by atoms with E-state index in [0.717, 1.165) is 0 Å². The van der Waals surface area contributed by atoms with Crippen LogP contribution < -0.4 is 0 Å². The van der Waals surface area contributed by atoms with Gasteiger partial charge in [0.1, 0.15) is 0 Å². The number of hydrogen-bond acceptors (Lipinski definition) is 0. The van der Waals surface area contributed by atoms with Crippen molar-refractivity contribution in [2.24, 2.45) is 5.41 Å². The molecular weight excluding hydrogens is 108 g/mol. The monoisotopic (exact) mass is 124 g/mol. The van der Waals surface area contributed by atoms with Crippen molar-refractivity contribution in [1.82, 2.24) is 0 Å². The maximum Gasteiger partial charge on any atom is -0.0146 e. The molecule has 0 radical (unpaired) electrons. The normalized spacial score (nSPS) is 22.9. The molecular formula is C9H16. The molecule has 52 valence electrons. The molecule has 1 aliphatic carbocycles. The summed E-state index contributed by atoms with van der Waals surface area (Å²) in [7, 11) is 0. The van der Waals surface area contributed by atoms with Gasteiger partial charge in [0.05, 0.1) is 0 Å². The number of rotatable bonds is 3. The largest absolute Gasteiger partial charge is 0.0880 e. The molecule has 0 aromatic rings. The number of hydrogen-bond donors (Lipinski definition) is 0. The molecule has 1 aliphatic rings. The van der Waals surface area contributed by atoms with E-state index in [1.165, 1.54) is 25.7 Å². The average Bonchev–Trinajstić information content (AvgIpc) is 2.50.